The lowest BCUT2D eigenvalue weighted by molar-refractivity contribution is -0.108. The van der Waals surface area contributed by atoms with Gasteiger partial charge >= 0.3 is 0 Å². The molecule has 2 aliphatic rings. The van der Waals surface area contributed by atoms with Crippen molar-refractivity contribution in [3.05, 3.63) is 65.2 Å². The van der Waals surface area contributed by atoms with Crippen molar-refractivity contribution in [2.45, 2.75) is 44.3 Å². The van der Waals surface area contributed by atoms with E-state index in [2.05, 4.69) is 6.08 Å². The van der Waals surface area contributed by atoms with Crippen molar-refractivity contribution in [2.75, 3.05) is 26.9 Å². The average molecular weight is 464 g/mol. The predicted octanol–water partition coefficient (Wildman–Crippen LogP) is 6.30. The van der Waals surface area contributed by atoms with Crippen LogP contribution < -0.4 is 0 Å². The van der Waals surface area contributed by atoms with Crippen molar-refractivity contribution in [1.29, 1.82) is 0 Å². The molecular weight excluding hydrogens is 436 g/mol. The van der Waals surface area contributed by atoms with Crippen LogP contribution in [0.2, 0.25) is 0 Å². The van der Waals surface area contributed by atoms with Crippen molar-refractivity contribution >= 4 is 5.57 Å². The zero-order valence-electron chi connectivity index (χ0n) is 18.6. The summed E-state index contributed by atoms with van der Waals surface area (Å²) in [4.78, 5) is 0. The molecule has 1 saturated heterocycles. The first-order valence-electron chi connectivity index (χ1n) is 11.3. The Labute approximate surface area is 191 Å². The molecule has 0 amide bonds. The molecule has 1 heterocycles. The van der Waals surface area contributed by atoms with Gasteiger partial charge in [0, 0.05) is 18.2 Å². The van der Waals surface area contributed by atoms with Gasteiger partial charge in [-0.3, -0.25) is 0 Å². The second-order valence-corrected chi connectivity index (χ2v) is 8.62. The average Bonchev–Trinajstić information content (AvgIpc) is 2.84. The van der Waals surface area contributed by atoms with Gasteiger partial charge in [-0.2, -0.15) is 0 Å². The first-order chi connectivity index (χ1) is 16.0. The summed E-state index contributed by atoms with van der Waals surface area (Å²) in [5.74, 6) is -4.55. The molecule has 178 valence electrons. The fraction of sp³-hybridized carbons (Fsp3) is 0.462. The van der Waals surface area contributed by atoms with E-state index in [1.54, 1.807) is 13.2 Å². The summed E-state index contributed by atoms with van der Waals surface area (Å²) in [6, 6.07) is 6.30. The van der Waals surface area contributed by atoms with Crippen LogP contribution in [0.4, 0.5) is 17.6 Å². The van der Waals surface area contributed by atoms with Crippen LogP contribution in [0, 0.1) is 29.2 Å². The number of halogens is 4. The van der Waals surface area contributed by atoms with E-state index >= 15 is 0 Å². The van der Waals surface area contributed by atoms with Crippen LogP contribution in [0.25, 0.3) is 16.7 Å². The zero-order chi connectivity index (χ0) is 23.4. The summed E-state index contributed by atoms with van der Waals surface area (Å²) in [5.41, 5.74) is 1.35. The van der Waals surface area contributed by atoms with Crippen LogP contribution in [0.3, 0.4) is 0 Å². The van der Waals surface area contributed by atoms with E-state index < -0.39 is 23.3 Å². The molecular formula is C26H28F4O3. The fourth-order valence-electron chi connectivity index (χ4n) is 4.67. The van der Waals surface area contributed by atoms with Gasteiger partial charge in [0.25, 0.3) is 0 Å². The molecule has 0 aromatic heterocycles. The highest BCUT2D eigenvalue weighted by Crippen LogP contribution is 2.37. The standard InChI is InChI=1S/C26H28F4O3/c1-31-12-13-32-19-7-11-24(33-15-19)17-4-2-16(3-5-17)18-6-8-20(23(28)14-18)21-9-10-22(27)26(30)25(21)29/h2,6,8-10,14,17,19,24H,3-5,7,11-13,15H2,1H3. The molecule has 4 rings (SSSR count). The Hall–Kier alpha value is -2.22. The molecule has 1 aliphatic carbocycles. The largest absolute Gasteiger partial charge is 0.382 e. The highest BCUT2D eigenvalue weighted by Gasteiger charge is 2.30. The molecule has 33 heavy (non-hydrogen) atoms. The topological polar surface area (TPSA) is 27.7 Å². The van der Waals surface area contributed by atoms with Crippen LogP contribution in [0.15, 0.2) is 36.4 Å². The van der Waals surface area contributed by atoms with Crippen molar-refractivity contribution in [3.8, 4) is 11.1 Å². The van der Waals surface area contributed by atoms with Crippen LogP contribution in [-0.2, 0) is 14.2 Å². The maximum Gasteiger partial charge on any atom is 0.195 e. The van der Waals surface area contributed by atoms with Crippen molar-refractivity contribution in [1.82, 2.24) is 0 Å². The van der Waals surface area contributed by atoms with Gasteiger partial charge in [-0.05, 0) is 67.4 Å². The van der Waals surface area contributed by atoms with Crippen molar-refractivity contribution in [2.24, 2.45) is 5.92 Å². The molecule has 3 nitrogen and oxygen atoms in total. The number of benzene rings is 2. The van der Waals surface area contributed by atoms with E-state index in [1.807, 2.05) is 0 Å². The number of allylic oxidation sites excluding steroid dienone is 2. The molecule has 0 radical (unpaired) electrons. The zero-order valence-corrected chi connectivity index (χ0v) is 18.6. The van der Waals surface area contributed by atoms with Gasteiger partial charge in [-0.1, -0.05) is 18.2 Å². The molecule has 0 bridgehead atoms. The van der Waals surface area contributed by atoms with Crippen molar-refractivity contribution < 1.29 is 31.8 Å². The Bertz CT molecular complexity index is 999. The molecule has 2 aromatic rings. The third-order valence-corrected chi connectivity index (χ3v) is 6.55. The first kappa shape index (κ1) is 23.9. The van der Waals surface area contributed by atoms with Crippen LogP contribution >= 0.6 is 0 Å². The summed E-state index contributed by atoms with van der Waals surface area (Å²) in [6.07, 6.45) is 6.92. The molecule has 0 N–H and O–H groups in total. The summed E-state index contributed by atoms with van der Waals surface area (Å²) in [7, 11) is 1.65. The molecule has 3 unspecified atom stereocenters. The normalized spacial score (nSPS) is 23.4. The van der Waals surface area contributed by atoms with Crippen LogP contribution in [0.5, 0.6) is 0 Å². The number of methoxy groups -OCH3 is 1. The molecule has 3 atom stereocenters. The van der Waals surface area contributed by atoms with Gasteiger partial charge in [0.05, 0.1) is 32.0 Å². The second-order valence-electron chi connectivity index (χ2n) is 8.62. The minimum atomic E-state index is -1.60. The highest BCUT2D eigenvalue weighted by molar-refractivity contribution is 5.71. The van der Waals surface area contributed by atoms with E-state index in [0.717, 1.165) is 49.8 Å². The number of hydrogen-bond acceptors (Lipinski definition) is 3. The number of hydrogen-bond donors (Lipinski definition) is 0. The summed E-state index contributed by atoms with van der Waals surface area (Å²) in [6.45, 7) is 1.74. The Morgan fingerprint density at radius 1 is 0.909 bits per heavy atom. The Balaban J connectivity index is 1.38. The Kier molecular flexibility index (Phi) is 7.83. The number of rotatable bonds is 7. The third-order valence-electron chi connectivity index (χ3n) is 6.55. The first-order valence-corrected chi connectivity index (χ1v) is 11.3. The Morgan fingerprint density at radius 3 is 2.39 bits per heavy atom. The Morgan fingerprint density at radius 2 is 1.73 bits per heavy atom. The van der Waals surface area contributed by atoms with Gasteiger partial charge in [-0.15, -0.1) is 0 Å². The molecule has 7 heteroatoms. The van der Waals surface area contributed by atoms with Gasteiger partial charge in [-0.25, -0.2) is 17.6 Å². The fourth-order valence-corrected chi connectivity index (χ4v) is 4.67. The lowest BCUT2D eigenvalue weighted by atomic mass is 9.81. The summed E-state index contributed by atoms with van der Waals surface area (Å²) < 4.78 is 72.4. The minimum absolute atomic E-state index is 0.0951. The lowest BCUT2D eigenvalue weighted by Gasteiger charge is -2.35. The van der Waals surface area contributed by atoms with E-state index in [-0.39, 0.29) is 23.3 Å². The SMILES string of the molecule is COCCOC1CCC(C2CC=C(c3ccc(-c4ccc(F)c(F)c4F)c(F)c3)CC2)OC1. The summed E-state index contributed by atoms with van der Waals surface area (Å²) in [5, 5.41) is 0. The third kappa shape index (κ3) is 5.48. The maximum atomic E-state index is 14.8. The van der Waals surface area contributed by atoms with E-state index in [1.165, 1.54) is 12.1 Å². The lowest BCUT2D eigenvalue weighted by Crippen LogP contribution is -2.36. The van der Waals surface area contributed by atoms with Gasteiger partial charge in [0.1, 0.15) is 5.82 Å². The number of ether oxygens (including phenoxy) is 3. The van der Waals surface area contributed by atoms with E-state index in [9.17, 15) is 17.6 Å². The molecule has 2 aromatic carbocycles. The molecule has 0 spiro atoms. The van der Waals surface area contributed by atoms with Crippen LogP contribution in [0.1, 0.15) is 37.7 Å². The molecule has 1 fully saturated rings. The predicted molar refractivity (Wildman–Crippen MR) is 118 cm³/mol. The van der Waals surface area contributed by atoms with E-state index in [0.29, 0.717) is 31.3 Å². The molecule has 0 saturated carbocycles. The quantitative estimate of drug-likeness (QED) is 0.273. The summed E-state index contributed by atoms with van der Waals surface area (Å²) >= 11 is 0. The van der Waals surface area contributed by atoms with Gasteiger partial charge < -0.3 is 14.2 Å². The smallest absolute Gasteiger partial charge is 0.195 e. The van der Waals surface area contributed by atoms with Gasteiger partial charge in [0.2, 0.25) is 0 Å². The molecule has 1 aliphatic heterocycles. The maximum absolute atomic E-state index is 14.8. The highest BCUT2D eigenvalue weighted by atomic mass is 19.2. The minimum Gasteiger partial charge on any atom is -0.382 e. The van der Waals surface area contributed by atoms with Gasteiger partial charge in [0.15, 0.2) is 17.5 Å². The van der Waals surface area contributed by atoms with E-state index in [4.69, 9.17) is 14.2 Å². The van der Waals surface area contributed by atoms with Crippen LogP contribution in [-0.4, -0.2) is 39.1 Å². The monoisotopic (exact) mass is 464 g/mol. The van der Waals surface area contributed by atoms with Crippen molar-refractivity contribution in [3.63, 3.8) is 0 Å². The second kappa shape index (κ2) is 10.8.